The third kappa shape index (κ3) is 2.38. The van der Waals surface area contributed by atoms with E-state index < -0.39 is 0 Å². The average Bonchev–Trinajstić information content (AvgIpc) is 2.60. The number of amides is 1. The number of fused-ring (bicyclic) bond motifs is 2. The number of anilines is 1. The van der Waals surface area contributed by atoms with E-state index in [1.54, 1.807) is 17.2 Å². The van der Waals surface area contributed by atoms with Gasteiger partial charge in [0, 0.05) is 6.20 Å². The lowest BCUT2D eigenvalue weighted by Gasteiger charge is -2.32. The van der Waals surface area contributed by atoms with Crippen LogP contribution in [0.3, 0.4) is 0 Å². The predicted molar refractivity (Wildman–Crippen MR) is 85.5 cm³/mol. The van der Waals surface area contributed by atoms with Crippen LogP contribution in [0.2, 0.25) is 0 Å². The van der Waals surface area contributed by atoms with Gasteiger partial charge in [-0.2, -0.15) is 0 Å². The summed E-state index contributed by atoms with van der Waals surface area (Å²) < 4.78 is 5.68. The molecule has 1 amide bonds. The van der Waals surface area contributed by atoms with E-state index in [0.29, 0.717) is 29.3 Å². The molecule has 3 heterocycles. The van der Waals surface area contributed by atoms with Crippen LogP contribution in [0.25, 0.3) is 11.0 Å². The number of pyridine rings is 1. The first-order chi connectivity index (χ1) is 11.2. The van der Waals surface area contributed by atoms with Crippen molar-refractivity contribution in [1.29, 1.82) is 0 Å². The maximum atomic E-state index is 12.9. The lowest BCUT2D eigenvalue weighted by molar-refractivity contribution is 0.0954. The van der Waals surface area contributed by atoms with E-state index in [-0.39, 0.29) is 12.0 Å². The summed E-state index contributed by atoms with van der Waals surface area (Å²) in [6, 6.07) is 11.1. The molecule has 0 bridgehead atoms. The predicted octanol–water partition coefficient (Wildman–Crippen LogP) is 2.45. The first-order valence-corrected chi connectivity index (χ1v) is 7.38. The van der Waals surface area contributed by atoms with Crippen molar-refractivity contribution in [2.24, 2.45) is 0 Å². The number of rotatable bonds is 1. The van der Waals surface area contributed by atoms with E-state index in [1.807, 2.05) is 37.3 Å². The molecule has 1 aromatic carbocycles. The highest BCUT2D eigenvalue weighted by Crippen LogP contribution is 2.31. The summed E-state index contributed by atoms with van der Waals surface area (Å²) in [6.07, 6.45) is 3.03. The summed E-state index contributed by atoms with van der Waals surface area (Å²) in [4.78, 5) is 27.5. The van der Waals surface area contributed by atoms with Crippen LogP contribution in [0.15, 0.2) is 48.8 Å². The van der Waals surface area contributed by atoms with Gasteiger partial charge in [-0.1, -0.05) is 12.1 Å². The Morgan fingerprint density at radius 1 is 1.17 bits per heavy atom. The SMILES string of the molecule is CC1CN(C(=O)c2cnc3ccccc3n2)c2cccnc2O1. The van der Waals surface area contributed by atoms with Crippen LogP contribution < -0.4 is 9.64 Å². The van der Waals surface area contributed by atoms with Gasteiger partial charge in [0.2, 0.25) is 5.88 Å². The van der Waals surface area contributed by atoms with E-state index in [4.69, 9.17) is 4.74 Å². The number of aromatic nitrogens is 3. The van der Waals surface area contributed by atoms with Crippen LogP contribution in [-0.4, -0.2) is 33.5 Å². The minimum absolute atomic E-state index is 0.130. The Bertz CT molecular complexity index is 896. The van der Waals surface area contributed by atoms with Gasteiger partial charge < -0.3 is 4.74 Å². The van der Waals surface area contributed by atoms with Crippen molar-refractivity contribution >= 4 is 22.6 Å². The zero-order chi connectivity index (χ0) is 15.8. The molecule has 23 heavy (non-hydrogen) atoms. The number of para-hydroxylation sites is 2. The molecule has 0 N–H and O–H groups in total. The smallest absolute Gasteiger partial charge is 0.278 e. The lowest BCUT2D eigenvalue weighted by atomic mass is 10.2. The molecule has 6 heteroatoms. The Morgan fingerprint density at radius 3 is 2.87 bits per heavy atom. The molecule has 0 spiro atoms. The molecular weight excluding hydrogens is 292 g/mol. The Balaban J connectivity index is 1.76. The zero-order valence-electron chi connectivity index (χ0n) is 12.5. The van der Waals surface area contributed by atoms with E-state index in [1.165, 1.54) is 6.20 Å². The van der Waals surface area contributed by atoms with Gasteiger partial charge in [-0.3, -0.25) is 14.7 Å². The first-order valence-electron chi connectivity index (χ1n) is 7.38. The molecule has 1 aliphatic rings. The third-order valence-corrected chi connectivity index (χ3v) is 3.71. The summed E-state index contributed by atoms with van der Waals surface area (Å²) in [5.74, 6) is 0.265. The molecule has 4 rings (SSSR count). The van der Waals surface area contributed by atoms with Gasteiger partial charge in [-0.05, 0) is 31.2 Å². The van der Waals surface area contributed by atoms with Crippen molar-refractivity contribution in [2.45, 2.75) is 13.0 Å². The standard InChI is InChI=1S/C17H14N4O2/c1-11-10-21(15-7-4-8-18-16(15)23-11)17(22)14-9-19-12-5-2-3-6-13(12)20-14/h2-9,11H,10H2,1H3. The third-order valence-electron chi connectivity index (χ3n) is 3.71. The molecule has 0 saturated carbocycles. The Hall–Kier alpha value is -3.02. The van der Waals surface area contributed by atoms with Crippen molar-refractivity contribution in [1.82, 2.24) is 15.0 Å². The molecule has 0 aliphatic carbocycles. The van der Waals surface area contributed by atoms with Gasteiger partial charge in [0.25, 0.3) is 5.91 Å². The monoisotopic (exact) mass is 306 g/mol. The highest BCUT2D eigenvalue weighted by atomic mass is 16.5. The molecule has 6 nitrogen and oxygen atoms in total. The van der Waals surface area contributed by atoms with Crippen LogP contribution in [0, 0.1) is 0 Å². The minimum atomic E-state index is -0.201. The largest absolute Gasteiger partial charge is 0.471 e. The van der Waals surface area contributed by atoms with Crippen molar-refractivity contribution in [3.05, 3.63) is 54.5 Å². The van der Waals surface area contributed by atoms with Crippen LogP contribution >= 0.6 is 0 Å². The maximum Gasteiger partial charge on any atom is 0.278 e. The topological polar surface area (TPSA) is 68.2 Å². The van der Waals surface area contributed by atoms with Gasteiger partial charge in [-0.25, -0.2) is 9.97 Å². The maximum absolute atomic E-state index is 12.9. The molecule has 1 aliphatic heterocycles. The number of benzene rings is 1. The van der Waals surface area contributed by atoms with E-state index in [2.05, 4.69) is 15.0 Å². The van der Waals surface area contributed by atoms with Gasteiger partial charge in [0.15, 0.2) is 0 Å². The van der Waals surface area contributed by atoms with Crippen LogP contribution in [0.5, 0.6) is 5.88 Å². The van der Waals surface area contributed by atoms with Gasteiger partial charge in [0.05, 0.1) is 23.8 Å². The number of carbonyl (C=O) groups is 1. The van der Waals surface area contributed by atoms with E-state index in [9.17, 15) is 4.79 Å². The fourth-order valence-corrected chi connectivity index (χ4v) is 2.65. The van der Waals surface area contributed by atoms with Gasteiger partial charge in [-0.15, -0.1) is 0 Å². The Morgan fingerprint density at radius 2 is 2.00 bits per heavy atom. The summed E-state index contributed by atoms with van der Waals surface area (Å²) in [7, 11) is 0. The summed E-state index contributed by atoms with van der Waals surface area (Å²) in [6.45, 7) is 2.36. The lowest BCUT2D eigenvalue weighted by Crippen LogP contribution is -2.43. The number of carbonyl (C=O) groups excluding carboxylic acids is 1. The van der Waals surface area contributed by atoms with Crippen molar-refractivity contribution < 1.29 is 9.53 Å². The molecule has 1 atom stereocenters. The fraction of sp³-hybridized carbons (Fsp3) is 0.176. The summed E-state index contributed by atoms with van der Waals surface area (Å²) in [5, 5.41) is 0. The molecule has 2 aromatic heterocycles. The van der Waals surface area contributed by atoms with Gasteiger partial charge in [0.1, 0.15) is 17.5 Å². The van der Waals surface area contributed by atoms with Crippen molar-refractivity contribution in [3.8, 4) is 5.88 Å². The van der Waals surface area contributed by atoms with Crippen LogP contribution in [0.4, 0.5) is 5.69 Å². The van der Waals surface area contributed by atoms with Crippen LogP contribution in [0.1, 0.15) is 17.4 Å². The molecule has 0 saturated heterocycles. The van der Waals surface area contributed by atoms with Gasteiger partial charge >= 0.3 is 0 Å². The second-order valence-corrected chi connectivity index (χ2v) is 5.42. The number of hydrogen-bond donors (Lipinski definition) is 0. The minimum Gasteiger partial charge on any atom is -0.471 e. The van der Waals surface area contributed by atoms with Crippen LogP contribution in [-0.2, 0) is 0 Å². The molecule has 114 valence electrons. The molecule has 0 fully saturated rings. The highest BCUT2D eigenvalue weighted by molar-refractivity contribution is 6.06. The molecule has 3 aromatic rings. The second-order valence-electron chi connectivity index (χ2n) is 5.42. The molecule has 0 radical (unpaired) electrons. The fourth-order valence-electron chi connectivity index (χ4n) is 2.65. The van der Waals surface area contributed by atoms with Crippen molar-refractivity contribution in [3.63, 3.8) is 0 Å². The quantitative estimate of drug-likeness (QED) is 0.691. The second kappa shape index (κ2) is 5.31. The highest BCUT2D eigenvalue weighted by Gasteiger charge is 2.29. The zero-order valence-corrected chi connectivity index (χ0v) is 12.5. The molecule has 1 unspecified atom stereocenters. The van der Waals surface area contributed by atoms with E-state index >= 15 is 0 Å². The Labute approximate surface area is 132 Å². The summed E-state index contributed by atoms with van der Waals surface area (Å²) >= 11 is 0. The average molecular weight is 306 g/mol. The van der Waals surface area contributed by atoms with E-state index in [0.717, 1.165) is 5.52 Å². The summed E-state index contributed by atoms with van der Waals surface area (Å²) in [5.41, 5.74) is 2.44. The normalized spacial score (nSPS) is 16.7. The number of ether oxygens (including phenoxy) is 1. The number of hydrogen-bond acceptors (Lipinski definition) is 5. The molecular formula is C17H14N4O2. The first kappa shape index (κ1) is 13.6. The van der Waals surface area contributed by atoms with Crippen molar-refractivity contribution in [2.75, 3.05) is 11.4 Å². The Kier molecular flexibility index (Phi) is 3.15. The number of nitrogens with zero attached hydrogens (tertiary/aromatic N) is 4.